The molecule has 128 valence electrons. The molecule has 0 bridgehead atoms. The number of carbonyl (C=O) groups excluding carboxylic acids is 1. The average molecular weight is 319 g/mol. The van der Waals surface area contributed by atoms with Crippen molar-refractivity contribution in [1.82, 2.24) is 10.6 Å². The molecule has 1 saturated heterocycles. The lowest BCUT2D eigenvalue weighted by molar-refractivity contribution is 0.0528. The highest BCUT2D eigenvalue weighted by Crippen LogP contribution is 2.15. The van der Waals surface area contributed by atoms with Crippen molar-refractivity contribution >= 4 is 11.8 Å². The number of ether oxygens (including phenoxy) is 1. The van der Waals surface area contributed by atoms with Gasteiger partial charge >= 0.3 is 6.09 Å². The van der Waals surface area contributed by atoms with Gasteiger partial charge in [0.15, 0.2) is 0 Å². The lowest BCUT2D eigenvalue weighted by atomic mass is 10.1. The van der Waals surface area contributed by atoms with E-state index in [-0.39, 0.29) is 6.09 Å². The maximum absolute atomic E-state index is 11.6. The number of hydrogen-bond donors (Lipinski definition) is 3. The van der Waals surface area contributed by atoms with Gasteiger partial charge in [0.1, 0.15) is 5.60 Å². The van der Waals surface area contributed by atoms with E-state index in [4.69, 9.17) is 4.74 Å². The molecule has 23 heavy (non-hydrogen) atoms. The van der Waals surface area contributed by atoms with Crippen molar-refractivity contribution in [2.45, 2.75) is 51.7 Å². The first-order valence-electron chi connectivity index (χ1n) is 8.45. The average Bonchev–Trinajstić information content (AvgIpc) is 2.48. The minimum Gasteiger partial charge on any atom is -0.444 e. The predicted octanol–water partition coefficient (Wildman–Crippen LogP) is 2.92. The van der Waals surface area contributed by atoms with E-state index in [0.29, 0.717) is 12.6 Å². The van der Waals surface area contributed by atoms with Crippen LogP contribution in [0.3, 0.4) is 0 Å². The van der Waals surface area contributed by atoms with E-state index in [0.717, 1.165) is 19.5 Å². The number of benzene rings is 1. The fraction of sp³-hybridized carbons (Fsp3) is 0.611. The molecule has 0 aliphatic carbocycles. The third-order valence-corrected chi connectivity index (χ3v) is 3.75. The second kappa shape index (κ2) is 8.20. The van der Waals surface area contributed by atoms with Gasteiger partial charge in [0.25, 0.3) is 0 Å². The third-order valence-electron chi connectivity index (χ3n) is 3.75. The van der Waals surface area contributed by atoms with Gasteiger partial charge < -0.3 is 20.7 Å². The molecular formula is C18H29N3O2. The Labute approximate surface area is 139 Å². The molecule has 1 heterocycles. The highest BCUT2D eigenvalue weighted by molar-refractivity contribution is 5.67. The summed E-state index contributed by atoms with van der Waals surface area (Å²) in [6.07, 6.45) is 2.78. The summed E-state index contributed by atoms with van der Waals surface area (Å²) >= 11 is 0. The Kier molecular flexibility index (Phi) is 6.28. The molecule has 2 rings (SSSR count). The zero-order valence-electron chi connectivity index (χ0n) is 14.4. The molecule has 1 aromatic rings. The van der Waals surface area contributed by atoms with Gasteiger partial charge in [-0.1, -0.05) is 12.1 Å². The van der Waals surface area contributed by atoms with Crippen LogP contribution in [0.5, 0.6) is 0 Å². The van der Waals surface area contributed by atoms with E-state index in [9.17, 15) is 4.79 Å². The topological polar surface area (TPSA) is 62.4 Å². The molecule has 1 aliphatic heterocycles. The van der Waals surface area contributed by atoms with Gasteiger partial charge in [0.05, 0.1) is 0 Å². The Morgan fingerprint density at radius 3 is 2.48 bits per heavy atom. The molecule has 0 spiro atoms. The number of alkyl carbamates (subject to hydrolysis) is 1. The van der Waals surface area contributed by atoms with Crippen LogP contribution >= 0.6 is 0 Å². The van der Waals surface area contributed by atoms with Gasteiger partial charge in [-0.15, -0.1) is 0 Å². The molecule has 5 nitrogen and oxygen atoms in total. The van der Waals surface area contributed by atoms with Gasteiger partial charge in [0.2, 0.25) is 0 Å². The number of rotatable bonds is 5. The monoisotopic (exact) mass is 319 g/mol. The summed E-state index contributed by atoms with van der Waals surface area (Å²) in [6.45, 7) is 8.34. The van der Waals surface area contributed by atoms with Crippen LogP contribution in [0.1, 0.15) is 39.2 Å². The second-order valence-corrected chi connectivity index (χ2v) is 7.04. The van der Waals surface area contributed by atoms with Crippen molar-refractivity contribution in [3.63, 3.8) is 0 Å². The van der Waals surface area contributed by atoms with Crippen molar-refractivity contribution in [3.05, 3.63) is 29.8 Å². The standard InChI is InChI=1S/C18H29N3O2/c1-18(2,3)23-17(22)20-13-8-14-4-6-15(7-5-14)21-16-9-11-19-12-10-16/h4-7,16,19,21H,8-13H2,1-3H3,(H,20,22). The van der Waals surface area contributed by atoms with Crippen LogP contribution in [-0.4, -0.2) is 37.4 Å². The van der Waals surface area contributed by atoms with Gasteiger partial charge in [-0.05, 0) is 70.8 Å². The van der Waals surface area contributed by atoms with Crippen molar-refractivity contribution in [2.24, 2.45) is 0 Å². The minimum absolute atomic E-state index is 0.360. The number of hydrogen-bond acceptors (Lipinski definition) is 4. The van der Waals surface area contributed by atoms with E-state index >= 15 is 0 Å². The van der Waals surface area contributed by atoms with E-state index in [2.05, 4.69) is 40.2 Å². The molecule has 0 saturated carbocycles. The fourth-order valence-corrected chi connectivity index (χ4v) is 2.59. The molecule has 0 unspecified atom stereocenters. The smallest absolute Gasteiger partial charge is 0.407 e. The summed E-state index contributed by atoms with van der Waals surface area (Å²) in [5.41, 5.74) is 1.92. The molecule has 0 radical (unpaired) electrons. The fourth-order valence-electron chi connectivity index (χ4n) is 2.59. The minimum atomic E-state index is -0.452. The van der Waals surface area contributed by atoms with Crippen molar-refractivity contribution < 1.29 is 9.53 Å². The van der Waals surface area contributed by atoms with Gasteiger partial charge in [-0.2, -0.15) is 0 Å². The number of anilines is 1. The van der Waals surface area contributed by atoms with Crippen LogP contribution in [-0.2, 0) is 11.2 Å². The van der Waals surface area contributed by atoms with Crippen LogP contribution in [0.25, 0.3) is 0 Å². The lowest BCUT2D eigenvalue weighted by Gasteiger charge is -2.24. The van der Waals surface area contributed by atoms with Gasteiger partial charge in [0, 0.05) is 18.3 Å². The Morgan fingerprint density at radius 1 is 1.22 bits per heavy atom. The molecule has 3 N–H and O–H groups in total. The van der Waals surface area contributed by atoms with Gasteiger partial charge in [-0.25, -0.2) is 4.79 Å². The third kappa shape index (κ3) is 6.91. The Hall–Kier alpha value is -1.75. The molecule has 1 aliphatic rings. The van der Waals surface area contributed by atoms with E-state index in [1.165, 1.54) is 24.1 Å². The Morgan fingerprint density at radius 2 is 1.87 bits per heavy atom. The molecule has 1 aromatic carbocycles. The van der Waals surface area contributed by atoms with E-state index < -0.39 is 5.60 Å². The largest absolute Gasteiger partial charge is 0.444 e. The lowest BCUT2D eigenvalue weighted by Crippen LogP contribution is -2.35. The van der Waals surface area contributed by atoms with Crippen molar-refractivity contribution in [1.29, 1.82) is 0 Å². The molecule has 0 atom stereocenters. The van der Waals surface area contributed by atoms with Gasteiger partial charge in [-0.3, -0.25) is 0 Å². The zero-order valence-corrected chi connectivity index (χ0v) is 14.4. The van der Waals surface area contributed by atoms with E-state index in [1.807, 2.05) is 20.8 Å². The highest BCUT2D eigenvalue weighted by Gasteiger charge is 2.15. The zero-order chi connectivity index (χ0) is 16.7. The maximum atomic E-state index is 11.6. The first kappa shape index (κ1) is 17.6. The highest BCUT2D eigenvalue weighted by atomic mass is 16.6. The first-order valence-corrected chi connectivity index (χ1v) is 8.45. The molecule has 1 fully saturated rings. The predicted molar refractivity (Wildman–Crippen MR) is 93.9 cm³/mol. The maximum Gasteiger partial charge on any atom is 0.407 e. The van der Waals surface area contributed by atoms with Crippen LogP contribution in [0.4, 0.5) is 10.5 Å². The second-order valence-electron chi connectivity index (χ2n) is 7.04. The number of amides is 1. The Bertz CT molecular complexity index is 488. The van der Waals surface area contributed by atoms with Crippen molar-refractivity contribution in [3.8, 4) is 0 Å². The first-order chi connectivity index (χ1) is 10.9. The van der Waals surface area contributed by atoms with Crippen LogP contribution in [0.15, 0.2) is 24.3 Å². The Balaban J connectivity index is 1.71. The quantitative estimate of drug-likeness (QED) is 0.781. The summed E-state index contributed by atoms with van der Waals surface area (Å²) in [7, 11) is 0. The van der Waals surface area contributed by atoms with Crippen LogP contribution in [0.2, 0.25) is 0 Å². The molecule has 5 heteroatoms. The van der Waals surface area contributed by atoms with Crippen LogP contribution in [0, 0.1) is 0 Å². The van der Waals surface area contributed by atoms with Crippen LogP contribution < -0.4 is 16.0 Å². The molecular weight excluding hydrogens is 290 g/mol. The number of nitrogens with one attached hydrogen (secondary N) is 3. The summed E-state index contributed by atoms with van der Waals surface area (Å²) in [5.74, 6) is 0. The normalized spacial score (nSPS) is 16.0. The SMILES string of the molecule is CC(C)(C)OC(=O)NCCc1ccc(NC2CCNCC2)cc1. The summed E-state index contributed by atoms with van der Waals surface area (Å²) in [4.78, 5) is 11.6. The molecule has 1 amide bonds. The van der Waals surface area contributed by atoms with E-state index in [1.54, 1.807) is 0 Å². The summed E-state index contributed by atoms with van der Waals surface area (Å²) < 4.78 is 5.21. The number of piperidine rings is 1. The summed E-state index contributed by atoms with van der Waals surface area (Å²) in [5, 5.41) is 9.73. The summed E-state index contributed by atoms with van der Waals surface area (Å²) in [6, 6.07) is 9.02. The molecule has 0 aromatic heterocycles. The van der Waals surface area contributed by atoms with Crippen molar-refractivity contribution in [2.75, 3.05) is 25.0 Å². The number of carbonyl (C=O) groups is 1.